The summed E-state index contributed by atoms with van der Waals surface area (Å²) in [6.07, 6.45) is -30.0. The first-order valence-electron chi connectivity index (χ1n) is 28.5. The van der Waals surface area contributed by atoms with E-state index in [0.717, 1.165) is 5.57 Å². The number of carbonyl (C=O) groups excluding carboxylic acids is 2. The summed E-state index contributed by atoms with van der Waals surface area (Å²) < 4.78 is 97.5. The Labute approximate surface area is 475 Å². The normalized spacial score (nSPS) is 51.1. The molecule has 9 aliphatic rings. The predicted octanol–water partition coefficient (Wildman–Crippen LogP) is -2.22. The van der Waals surface area contributed by atoms with Crippen molar-refractivity contribution >= 4 is 22.2 Å². The molecule has 28 heteroatoms. The average molecular weight is 1200 g/mol. The lowest BCUT2D eigenvalue weighted by Gasteiger charge is -2.64. The number of cyclic esters (lactones) is 1. The maximum absolute atomic E-state index is 14.5. The molecule has 27 nitrogen and oxygen atoms in total. The molecular weight excluding hydrogens is 1110 g/mol. The van der Waals surface area contributed by atoms with Crippen LogP contribution in [0.1, 0.15) is 107 Å². The SMILES string of the molecule is COC1C(O)C(CO)OC(OC2C(O)C(CO)OC(OC3C(C)OC(OC4C(OC5CCC6(C)C7=CC(O)C89C(=O)OC(C)(C(=O)CCC(C)C)C8(O)CCC9(C)C7CCC6C5(C)C)OCC(OS(=O)(=O)O)C4O)C(O)C3O)C2O)C1O. The van der Waals surface area contributed by atoms with Gasteiger partial charge in [0.2, 0.25) is 0 Å². The van der Waals surface area contributed by atoms with Crippen LogP contribution >= 0.6 is 0 Å². The first-order valence-corrected chi connectivity index (χ1v) is 29.8. The van der Waals surface area contributed by atoms with Crippen LogP contribution in [0.2, 0.25) is 0 Å². The van der Waals surface area contributed by atoms with Gasteiger partial charge >= 0.3 is 16.4 Å². The summed E-state index contributed by atoms with van der Waals surface area (Å²) in [7, 11) is -4.03. The molecule has 5 saturated heterocycles. The van der Waals surface area contributed by atoms with Gasteiger partial charge in [0.15, 0.2) is 36.5 Å². The van der Waals surface area contributed by atoms with Gasteiger partial charge in [-0.1, -0.05) is 53.2 Å². The molecule has 1 spiro atoms. The van der Waals surface area contributed by atoms with Gasteiger partial charge < -0.3 is 104 Å². The van der Waals surface area contributed by atoms with E-state index in [1.165, 1.54) is 21.0 Å². The van der Waals surface area contributed by atoms with Crippen LogP contribution in [0.4, 0.5) is 0 Å². The Morgan fingerprint density at radius 1 is 0.720 bits per heavy atom. The molecule has 4 aliphatic carbocycles. The summed E-state index contributed by atoms with van der Waals surface area (Å²) in [4.78, 5) is 28.5. The zero-order valence-electron chi connectivity index (χ0n) is 47.6. The zero-order valence-corrected chi connectivity index (χ0v) is 48.4. The van der Waals surface area contributed by atoms with Gasteiger partial charge in [-0.15, -0.1) is 0 Å². The second-order valence-electron chi connectivity index (χ2n) is 25.9. The topological polar surface area (TPSA) is 413 Å². The number of rotatable bonds is 17. The molecule has 12 N–H and O–H groups in total. The van der Waals surface area contributed by atoms with E-state index >= 15 is 0 Å². The van der Waals surface area contributed by atoms with Crippen molar-refractivity contribution in [3.8, 4) is 0 Å². The standard InChI is InChI=1S/C54H86O27S/c1-22(2)10-13-30(57)52(8)53(67)17-16-51(7)24-11-12-29-49(4,5)32(14-15-50(29,6)25(24)18-31(58)54(51,53)48(66)80-52)76-47-43(35(61)28(21-72-47)81-82(68,69)70)79-44-37(63)36(62)40(23(3)73-44)77-46-39(65)42(34(60)27(20-56)75-46)78-45-38(64)41(71-9)33(59)26(19-55)74-45/h18,22-24,26-29,31-47,55-56,58-65,67H,10-17,19-21H2,1-9H3,(H,68,69,70). The third kappa shape index (κ3) is 10.2. The molecule has 0 amide bonds. The number of ether oxygens (including phenoxy) is 10. The van der Waals surface area contributed by atoms with Crippen molar-refractivity contribution in [1.82, 2.24) is 0 Å². The number of hydrogen-bond acceptors (Lipinski definition) is 26. The molecule has 9 rings (SSSR count). The highest BCUT2D eigenvalue weighted by Gasteiger charge is 2.87. The summed E-state index contributed by atoms with van der Waals surface area (Å²) in [5.41, 5.74) is -7.11. The monoisotopic (exact) mass is 1200 g/mol. The number of allylic oxidation sites excluding steroid dienone is 1. The average Bonchev–Trinajstić information content (AvgIpc) is 1.46. The number of aliphatic hydroxyl groups is 11. The third-order valence-corrected chi connectivity index (χ3v) is 21.2. The summed E-state index contributed by atoms with van der Waals surface area (Å²) in [5.74, 6) is -1.46. The molecule has 5 heterocycles. The number of Topliss-reactive ketones (excluding diaryl/α,β-unsaturated/α-hetero) is 1. The van der Waals surface area contributed by atoms with Gasteiger partial charge in [-0.2, -0.15) is 8.42 Å². The lowest BCUT2D eigenvalue weighted by atomic mass is 9.40. The molecule has 5 aliphatic heterocycles. The fraction of sp³-hybridized carbons (Fsp3) is 0.926. The van der Waals surface area contributed by atoms with Gasteiger partial charge in [-0.05, 0) is 92.8 Å². The first kappa shape index (κ1) is 64.4. The molecule has 28 unspecified atom stereocenters. The first-order chi connectivity index (χ1) is 38.2. The van der Waals surface area contributed by atoms with Gasteiger partial charge in [-0.25, -0.2) is 4.18 Å². The third-order valence-electron chi connectivity index (χ3n) is 20.7. The summed E-state index contributed by atoms with van der Waals surface area (Å²) in [6, 6.07) is 0. The van der Waals surface area contributed by atoms with Crippen LogP contribution in [0, 0.1) is 39.4 Å². The smallest absolute Gasteiger partial charge is 0.397 e. The molecule has 82 heavy (non-hydrogen) atoms. The van der Waals surface area contributed by atoms with Crippen molar-refractivity contribution in [3.05, 3.63) is 11.6 Å². The van der Waals surface area contributed by atoms with E-state index in [4.69, 9.17) is 51.6 Å². The van der Waals surface area contributed by atoms with E-state index in [-0.39, 0.29) is 36.4 Å². The van der Waals surface area contributed by atoms with E-state index in [2.05, 4.69) is 6.92 Å². The lowest BCUT2D eigenvalue weighted by Crippen LogP contribution is -2.69. The van der Waals surface area contributed by atoms with Gasteiger partial charge in [-0.3, -0.25) is 14.1 Å². The highest BCUT2D eigenvalue weighted by atomic mass is 32.3. The molecule has 28 atom stereocenters. The maximum Gasteiger partial charge on any atom is 0.397 e. The van der Waals surface area contributed by atoms with Crippen LogP contribution in [0.15, 0.2) is 11.6 Å². The van der Waals surface area contributed by atoms with Crippen LogP contribution < -0.4 is 0 Å². The van der Waals surface area contributed by atoms with E-state index in [0.29, 0.717) is 38.5 Å². The molecule has 0 aromatic heterocycles. The van der Waals surface area contributed by atoms with Gasteiger partial charge in [0, 0.05) is 13.5 Å². The number of hydrogen-bond donors (Lipinski definition) is 12. The number of fused-ring (bicyclic) bond motifs is 4. The Balaban J connectivity index is 0.916. The highest BCUT2D eigenvalue weighted by Crippen LogP contribution is 2.77. The van der Waals surface area contributed by atoms with Crippen molar-refractivity contribution in [2.24, 2.45) is 39.4 Å². The molecular formula is C54H86O27S. The quantitative estimate of drug-likeness (QED) is 0.0318. The second kappa shape index (κ2) is 23.2. The van der Waals surface area contributed by atoms with Gasteiger partial charge in [0.25, 0.3) is 0 Å². The number of methoxy groups -OCH3 is 1. The molecule has 0 aromatic carbocycles. The minimum atomic E-state index is -5.20. The fourth-order valence-electron chi connectivity index (χ4n) is 16.2. The van der Waals surface area contributed by atoms with Crippen molar-refractivity contribution in [1.29, 1.82) is 0 Å². The highest BCUT2D eigenvalue weighted by molar-refractivity contribution is 7.80. The number of esters is 1. The van der Waals surface area contributed by atoms with Crippen LogP contribution in [0.3, 0.4) is 0 Å². The van der Waals surface area contributed by atoms with Crippen LogP contribution in [0.25, 0.3) is 0 Å². The van der Waals surface area contributed by atoms with Crippen LogP contribution in [-0.2, 0) is 71.5 Å². The van der Waals surface area contributed by atoms with Crippen LogP contribution in [0.5, 0.6) is 0 Å². The summed E-state index contributed by atoms with van der Waals surface area (Å²) >= 11 is 0. The lowest BCUT2D eigenvalue weighted by molar-refractivity contribution is -0.389. The van der Waals surface area contributed by atoms with E-state index in [1.807, 2.05) is 34.6 Å². The van der Waals surface area contributed by atoms with Gasteiger partial charge in [0.05, 0.1) is 38.1 Å². The van der Waals surface area contributed by atoms with Gasteiger partial charge in [0.1, 0.15) is 96.5 Å². The van der Waals surface area contributed by atoms with E-state index in [9.17, 15) is 78.7 Å². The largest absolute Gasteiger partial charge is 0.448 e. The molecule has 3 saturated carbocycles. The maximum atomic E-state index is 14.5. The minimum absolute atomic E-state index is 0.0625. The Hall–Kier alpha value is -2.05. The molecule has 0 radical (unpaired) electrons. The molecule has 8 fully saturated rings. The van der Waals surface area contributed by atoms with Crippen LogP contribution in [-0.4, -0.2) is 248 Å². The van der Waals surface area contributed by atoms with Crippen molar-refractivity contribution < 1.29 is 130 Å². The number of carbonyl (C=O) groups is 2. The van der Waals surface area contributed by atoms with Crippen molar-refractivity contribution in [3.63, 3.8) is 0 Å². The zero-order chi connectivity index (χ0) is 60.4. The number of aliphatic hydroxyl groups excluding tert-OH is 10. The van der Waals surface area contributed by atoms with E-state index in [1.54, 1.807) is 6.08 Å². The number of ketones is 1. The molecule has 0 aromatic rings. The fourth-order valence-corrected chi connectivity index (χ4v) is 16.7. The van der Waals surface area contributed by atoms with Crippen molar-refractivity contribution in [2.75, 3.05) is 26.9 Å². The second-order valence-corrected chi connectivity index (χ2v) is 26.9. The minimum Gasteiger partial charge on any atom is -0.448 e. The van der Waals surface area contributed by atoms with Crippen molar-refractivity contribution in [2.45, 2.75) is 247 Å². The summed E-state index contributed by atoms with van der Waals surface area (Å²) in [5, 5.41) is 124. The Morgan fingerprint density at radius 2 is 1.30 bits per heavy atom. The molecule has 0 bridgehead atoms. The summed E-state index contributed by atoms with van der Waals surface area (Å²) in [6.45, 7) is 12.6. The Kier molecular flexibility index (Phi) is 18.2. The Bertz CT molecular complexity index is 2470. The predicted molar refractivity (Wildman–Crippen MR) is 274 cm³/mol. The van der Waals surface area contributed by atoms with E-state index < -0.39 is 198 Å². The molecule has 470 valence electrons. The Morgan fingerprint density at radius 3 is 1.90 bits per heavy atom.